The number of nitrogens with zero attached hydrogens (tertiary/aromatic N) is 2. The first-order chi connectivity index (χ1) is 14.3. The number of ether oxygens (including phenoxy) is 1. The number of fused-ring (bicyclic) bond motifs is 1. The summed E-state index contributed by atoms with van der Waals surface area (Å²) in [5.41, 5.74) is 1.58. The van der Waals surface area contributed by atoms with Crippen LogP contribution in [0.2, 0.25) is 0 Å². The van der Waals surface area contributed by atoms with Crippen molar-refractivity contribution in [1.29, 1.82) is 0 Å². The summed E-state index contributed by atoms with van der Waals surface area (Å²) in [5, 5.41) is 5.17. The van der Waals surface area contributed by atoms with E-state index in [1.54, 1.807) is 29.0 Å². The number of carbonyl (C=O) groups excluding carboxylic acids is 1. The zero-order chi connectivity index (χ0) is 23.0. The van der Waals surface area contributed by atoms with Gasteiger partial charge in [-0.25, -0.2) is 13.6 Å². The number of alkyl halides is 3. The third-order valence-corrected chi connectivity index (χ3v) is 5.82. The molecule has 0 radical (unpaired) electrons. The Kier molecular flexibility index (Phi) is 6.30. The van der Waals surface area contributed by atoms with E-state index in [0.717, 1.165) is 0 Å². The summed E-state index contributed by atoms with van der Waals surface area (Å²) >= 11 is 0. The molecule has 1 amide bonds. The second-order valence-corrected chi connectivity index (χ2v) is 9.04. The zero-order valence-electron chi connectivity index (χ0n) is 16.9. The van der Waals surface area contributed by atoms with Crippen LogP contribution in [0.3, 0.4) is 0 Å². The van der Waals surface area contributed by atoms with Gasteiger partial charge in [-0.05, 0) is 50.2 Å². The Hall–Kier alpha value is -2.63. The Labute approximate surface area is 178 Å². The predicted molar refractivity (Wildman–Crippen MR) is 108 cm³/mol. The first kappa shape index (κ1) is 23.0. The number of anilines is 1. The summed E-state index contributed by atoms with van der Waals surface area (Å²) in [6.07, 6.45) is -4.34. The maximum absolute atomic E-state index is 12.9. The molecule has 1 heterocycles. The number of hydrogen-bond acceptors (Lipinski definition) is 5. The lowest BCUT2D eigenvalue weighted by Gasteiger charge is -2.26. The quantitative estimate of drug-likeness (QED) is 0.720. The van der Waals surface area contributed by atoms with E-state index >= 15 is 0 Å². The van der Waals surface area contributed by atoms with Crippen LogP contribution in [0.1, 0.15) is 18.1 Å². The molecule has 31 heavy (non-hydrogen) atoms. The molecule has 0 saturated carbocycles. The van der Waals surface area contributed by atoms with Crippen LogP contribution in [0.4, 0.5) is 18.9 Å². The number of nitrogens with two attached hydrogens (primary N) is 1. The molecule has 0 spiro atoms. The summed E-state index contributed by atoms with van der Waals surface area (Å²) in [6, 6.07) is 9.91. The number of amides is 1. The molecule has 168 valence electrons. The van der Waals surface area contributed by atoms with Crippen molar-refractivity contribution in [2.24, 2.45) is 5.14 Å². The normalized spacial score (nSPS) is 16.5. The lowest BCUT2D eigenvalue weighted by Crippen LogP contribution is -2.42. The van der Waals surface area contributed by atoms with Crippen molar-refractivity contribution in [1.82, 2.24) is 4.90 Å². The highest BCUT2D eigenvalue weighted by Gasteiger charge is 2.33. The van der Waals surface area contributed by atoms with Crippen LogP contribution in [-0.4, -0.2) is 45.2 Å². The molecule has 0 unspecified atom stereocenters. The van der Waals surface area contributed by atoms with Gasteiger partial charge in [-0.3, -0.25) is 9.69 Å². The second-order valence-electron chi connectivity index (χ2n) is 7.48. The van der Waals surface area contributed by atoms with E-state index < -0.39 is 16.4 Å². The van der Waals surface area contributed by atoms with Crippen molar-refractivity contribution in [2.45, 2.75) is 37.2 Å². The molecule has 0 fully saturated rings. The molecule has 0 aliphatic carbocycles. The fraction of sp³-hybridized carbons (Fsp3) is 0.350. The third kappa shape index (κ3) is 5.54. The second kappa shape index (κ2) is 8.48. The van der Waals surface area contributed by atoms with Gasteiger partial charge in [-0.15, -0.1) is 13.2 Å². The van der Waals surface area contributed by atoms with Crippen molar-refractivity contribution in [3.8, 4) is 5.75 Å². The molecular formula is C20H22F3N3O4S. The molecule has 1 aliphatic rings. The van der Waals surface area contributed by atoms with Crippen LogP contribution in [0.5, 0.6) is 5.75 Å². The number of carbonyl (C=O) groups is 1. The minimum absolute atomic E-state index is 0.0221. The van der Waals surface area contributed by atoms with E-state index in [1.165, 1.54) is 30.3 Å². The van der Waals surface area contributed by atoms with Gasteiger partial charge in [0.25, 0.3) is 0 Å². The van der Waals surface area contributed by atoms with E-state index in [0.29, 0.717) is 23.2 Å². The van der Waals surface area contributed by atoms with E-state index in [9.17, 15) is 26.4 Å². The zero-order valence-corrected chi connectivity index (χ0v) is 17.7. The molecule has 0 aromatic heterocycles. The number of para-hydroxylation sites is 1. The van der Waals surface area contributed by atoms with Crippen molar-refractivity contribution in [3.63, 3.8) is 0 Å². The SMILES string of the molecule is C[C@@H]1Cc2cc(S(N)(=O)=O)ccc2N1C(=O)CN(C)Cc1ccccc1OC(F)(F)F. The molecule has 1 aliphatic heterocycles. The van der Waals surface area contributed by atoms with E-state index in [-0.39, 0.29) is 35.7 Å². The minimum Gasteiger partial charge on any atom is -0.405 e. The van der Waals surface area contributed by atoms with Gasteiger partial charge >= 0.3 is 6.36 Å². The Morgan fingerprint density at radius 2 is 1.94 bits per heavy atom. The van der Waals surface area contributed by atoms with Gasteiger partial charge in [0.2, 0.25) is 15.9 Å². The number of primary sulfonamides is 1. The van der Waals surface area contributed by atoms with Crippen molar-refractivity contribution >= 4 is 21.6 Å². The highest BCUT2D eigenvalue weighted by atomic mass is 32.2. The summed E-state index contributed by atoms with van der Waals surface area (Å²) in [5.74, 6) is -0.573. The summed E-state index contributed by atoms with van der Waals surface area (Å²) in [7, 11) is -2.23. The maximum atomic E-state index is 12.9. The smallest absolute Gasteiger partial charge is 0.405 e. The average molecular weight is 457 g/mol. The van der Waals surface area contributed by atoms with Gasteiger partial charge in [-0.1, -0.05) is 18.2 Å². The largest absolute Gasteiger partial charge is 0.573 e. The number of hydrogen-bond donors (Lipinski definition) is 1. The van der Waals surface area contributed by atoms with Crippen LogP contribution in [0.15, 0.2) is 47.4 Å². The Morgan fingerprint density at radius 1 is 1.26 bits per heavy atom. The van der Waals surface area contributed by atoms with E-state index in [2.05, 4.69) is 4.74 Å². The van der Waals surface area contributed by atoms with Crippen molar-refractivity contribution in [3.05, 3.63) is 53.6 Å². The fourth-order valence-electron chi connectivity index (χ4n) is 3.68. The highest BCUT2D eigenvalue weighted by Crippen LogP contribution is 2.34. The van der Waals surface area contributed by atoms with Gasteiger partial charge in [0, 0.05) is 23.8 Å². The fourth-order valence-corrected chi connectivity index (χ4v) is 4.24. The summed E-state index contributed by atoms with van der Waals surface area (Å²) < 4.78 is 65.1. The predicted octanol–water partition coefficient (Wildman–Crippen LogP) is 2.64. The molecular weight excluding hydrogens is 435 g/mol. The minimum atomic E-state index is -4.81. The molecule has 3 rings (SSSR count). The van der Waals surface area contributed by atoms with E-state index in [1.807, 2.05) is 6.92 Å². The van der Waals surface area contributed by atoms with Crippen LogP contribution in [-0.2, 0) is 27.8 Å². The summed E-state index contributed by atoms with van der Waals surface area (Å²) in [4.78, 5) is 16.1. The number of likely N-dealkylation sites (N-methyl/N-ethyl adjacent to an activating group) is 1. The van der Waals surface area contributed by atoms with Crippen molar-refractivity contribution < 1.29 is 31.1 Å². The van der Waals surface area contributed by atoms with Crippen LogP contribution < -0.4 is 14.8 Å². The monoisotopic (exact) mass is 457 g/mol. The van der Waals surface area contributed by atoms with Crippen LogP contribution in [0, 0.1) is 0 Å². The van der Waals surface area contributed by atoms with Gasteiger partial charge in [-0.2, -0.15) is 0 Å². The third-order valence-electron chi connectivity index (χ3n) is 4.91. The van der Waals surface area contributed by atoms with Gasteiger partial charge in [0.1, 0.15) is 5.75 Å². The lowest BCUT2D eigenvalue weighted by atomic mass is 10.1. The number of halogens is 3. The Bertz CT molecular complexity index is 1090. The molecule has 2 aromatic carbocycles. The first-order valence-corrected chi connectivity index (χ1v) is 10.9. The van der Waals surface area contributed by atoms with E-state index in [4.69, 9.17) is 5.14 Å². The van der Waals surface area contributed by atoms with Gasteiger partial charge in [0.15, 0.2) is 0 Å². The molecule has 0 saturated heterocycles. The van der Waals surface area contributed by atoms with Gasteiger partial charge < -0.3 is 9.64 Å². The molecule has 11 heteroatoms. The number of sulfonamides is 1. The number of rotatable bonds is 6. The Morgan fingerprint density at radius 3 is 2.58 bits per heavy atom. The lowest BCUT2D eigenvalue weighted by molar-refractivity contribution is -0.275. The molecule has 1 atom stereocenters. The van der Waals surface area contributed by atoms with Crippen molar-refractivity contribution in [2.75, 3.05) is 18.5 Å². The standard InChI is InChI=1S/C20H22F3N3O4S/c1-13-9-15-10-16(31(24,28)29)7-8-17(15)26(13)19(27)12-25(2)11-14-5-3-4-6-18(14)30-20(21,22)23/h3-8,10,13H,9,11-12H2,1-2H3,(H2,24,28,29)/t13-/m1/s1. The topological polar surface area (TPSA) is 92.9 Å². The molecule has 0 bridgehead atoms. The Balaban J connectivity index is 1.73. The molecule has 2 aromatic rings. The molecule has 7 nitrogen and oxygen atoms in total. The number of benzene rings is 2. The summed E-state index contributed by atoms with van der Waals surface area (Å²) in [6.45, 7) is 1.85. The average Bonchev–Trinajstić information content (AvgIpc) is 2.96. The maximum Gasteiger partial charge on any atom is 0.573 e. The van der Waals surface area contributed by atoms with Crippen LogP contribution in [0.25, 0.3) is 0 Å². The first-order valence-electron chi connectivity index (χ1n) is 9.35. The van der Waals surface area contributed by atoms with Crippen LogP contribution >= 0.6 is 0 Å². The highest BCUT2D eigenvalue weighted by molar-refractivity contribution is 7.89. The molecule has 2 N–H and O–H groups in total. The van der Waals surface area contributed by atoms with Gasteiger partial charge in [0.05, 0.1) is 11.4 Å².